The number of hydrogen-bond donors (Lipinski definition) is 2. The smallest absolute Gasteiger partial charge is 0.163 e. The summed E-state index contributed by atoms with van der Waals surface area (Å²) >= 11 is 0. The molecular formula is C18H20N2O2. The number of ether oxygens (including phenoxy) is 2. The molecule has 0 aliphatic rings. The van der Waals surface area contributed by atoms with E-state index in [1.54, 1.807) is 14.2 Å². The second-order valence-corrected chi connectivity index (χ2v) is 5.19. The van der Waals surface area contributed by atoms with Gasteiger partial charge in [0.15, 0.2) is 11.5 Å². The predicted molar refractivity (Wildman–Crippen MR) is 89.6 cm³/mol. The van der Waals surface area contributed by atoms with Crippen molar-refractivity contribution in [2.75, 3.05) is 20.8 Å². The lowest BCUT2D eigenvalue weighted by atomic mass is 9.99. The Morgan fingerprint density at radius 3 is 2.59 bits per heavy atom. The third kappa shape index (κ3) is 2.53. The van der Waals surface area contributed by atoms with E-state index in [0.29, 0.717) is 6.54 Å². The largest absolute Gasteiger partial charge is 0.493 e. The first-order valence-electron chi connectivity index (χ1n) is 7.29. The number of rotatable bonds is 5. The van der Waals surface area contributed by atoms with E-state index in [1.165, 1.54) is 5.39 Å². The molecule has 3 N–H and O–H groups in total. The minimum absolute atomic E-state index is 0.569. The summed E-state index contributed by atoms with van der Waals surface area (Å²) in [5.41, 5.74) is 10.2. The highest BCUT2D eigenvalue weighted by atomic mass is 16.5. The Kier molecular flexibility index (Phi) is 4.02. The average molecular weight is 296 g/mol. The molecule has 4 heteroatoms. The van der Waals surface area contributed by atoms with Gasteiger partial charge in [-0.2, -0.15) is 0 Å². The summed E-state index contributed by atoms with van der Waals surface area (Å²) < 4.78 is 11.0. The standard InChI is InChI=1S/C18H20N2O2/c1-21-17-11-15(10-14(5-7-19)18(17)22-2)12-3-4-16-13(9-12)6-8-20-16/h3-4,6,8-11,20H,5,7,19H2,1-2H3. The SMILES string of the molecule is COc1cc(-c2ccc3[nH]ccc3c2)cc(CCN)c1OC. The van der Waals surface area contributed by atoms with Gasteiger partial charge in [0, 0.05) is 11.7 Å². The lowest BCUT2D eigenvalue weighted by Crippen LogP contribution is -2.05. The Morgan fingerprint density at radius 2 is 1.86 bits per heavy atom. The summed E-state index contributed by atoms with van der Waals surface area (Å²) in [4.78, 5) is 3.21. The molecule has 0 saturated carbocycles. The van der Waals surface area contributed by atoms with Crippen LogP contribution in [-0.4, -0.2) is 25.7 Å². The zero-order valence-electron chi connectivity index (χ0n) is 12.8. The van der Waals surface area contributed by atoms with Crippen LogP contribution >= 0.6 is 0 Å². The van der Waals surface area contributed by atoms with Gasteiger partial charge >= 0.3 is 0 Å². The molecule has 0 unspecified atom stereocenters. The number of aromatic amines is 1. The highest BCUT2D eigenvalue weighted by Gasteiger charge is 2.13. The molecule has 3 rings (SSSR count). The summed E-state index contributed by atoms with van der Waals surface area (Å²) in [6, 6.07) is 12.6. The zero-order chi connectivity index (χ0) is 15.5. The number of benzene rings is 2. The van der Waals surface area contributed by atoms with Crippen molar-refractivity contribution in [3.05, 3.63) is 48.2 Å². The van der Waals surface area contributed by atoms with Crippen LogP contribution in [0.25, 0.3) is 22.0 Å². The van der Waals surface area contributed by atoms with Crippen LogP contribution in [-0.2, 0) is 6.42 Å². The highest BCUT2D eigenvalue weighted by Crippen LogP contribution is 2.37. The van der Waals surface area contributed by atoms with E-state index in [0.717, 1.165) is 40.1 Å². The van der Waals surface area contributed by atoms with Crippen LogP contribution in [0.3, 0.4) is 0 Å². The van der Waals surface area contributed by atoms with Gasteiger partial charge in [-0.1, -0.05) is 6.07 Å². The lowest BCUT2D eigenvalue weighted by molar-refractivity contribution is 0.352. The van der Waals surface area contributed by atoms with Gasteiger partial charge in [0.05, 0.1) is 14.2 Å². The second-order valence-electron chi connectivity index (χ2n) is 5.19. The van der Waals surface area contributed by atoms with Crippen LogP contribution in [0.15, 0.2) is 42.6 Å². The number of nitrogens with one attached hydrogen (secondary N) is 1. The first-order valence-corrected chi connectivity index (χ1v) is 7.29. The fourth-order valence-corrected chi connectivity index (χ4v) is 2.78. The molecular weight excluding hydrogens is 276 g/mol. The number of methoxy groups -OCH3 is 2. The van der Waals surface area contributed by atoms with Gasteiger partial charge in [-0.15, -0.1) is 0 Å². The Balaban J connectivity index is 2.14. The molecule has 0 spiro atoms. The van der Waals surface area contributed by atoms with E-state index in [2.05, 4.69) is 35.3 Å². The Morgan fingerprint density at radius 1 is 1.00 bits per heavy atom. The molecule has 0 amide bonds. The first kappa shape index (κ1) is 14.5. The summed E-state index contributed by atoms with van der Waals surface area (Å²) in [5, 5.41) is 1.19. The lowest BCUT2D eigenvalue weighted by Gasteiger charge is -2.15. The minimum Gasteiger partial charge on any atom is -0.493 e. The van der Waals surface area contributed by atoms with Crippen LogP contribution in [0.1, 0.15) is 5.56 Å². The normalized spacial score (nSPS) is 10.9. The molecule has 114 valence electrons. The Hall–Kier alpha value is -2.46. The molecule has 3 aromatic rings. The summed E-state index contributed by atoms with van der Waals surface area (Å²) in [5.74, 6) is 1.50. The molecule has 0 aliphatic heterocycles. The van der Waals surface area contributed by atoms with Gasteiger partial charge in [0.2, 0.25) is 0 Å². The Bertz CT molecular complexity index is 793. The Labute approximate surface area is 129 Å². The van der Waals surface area contributed by atoms with Crippen molar-refractivity contribution in [1.29, 1.82) is 0 Å². The maximum atomic E-state index is 5.72. The van der Waals surface area contributed by atoms with Crippen molar-refractivity contribution in [3.8, 4) is 22.6 Å². The van der Waals surface area contributed by atoms with E-state index in [4.69, 9.17) is 15.2 Å². The van der Waals surface area contributed by atoms with Crippen LogP contribution in [0.4, 0.5) is 0 Å². The number of fused-ring (bicyclic) bond motifs is 1. The van der Waals surface area contributed by atoms with Gasteiger partial charge in [-0.3, -0.25) is 0 Å². The van der Waals surface area contributed by atoms with Gasteiger partial charge < -0.3 is 20.2 Å². The van der Waals surface area contributed by atoms with E-state index < -0.39 is 0 Å². The molecule has 0 aliphatic carbocycles. The molecule has 0 fully saturated rings. The van der Waals surface area contributed by atoms with Gasteiger partial charge in [0.25, 0.3) is 0 Å². The van der Waals surface area contributed by atoms with Crippen LogP contribution in [0.5, 0.6) is 11.5 Å². The van der Waals surface area contributed by atoms with Gasteiger partial charge in [-0.25, -0.2) is 0 Å². The van der Waals surface area contributed by atoms with E-state index in [1.807, 2.05) is 12.3 Å². The number of nitrogens with two attached hydrogens (primary N) is 1. The fourth-order valence-electron chi connectivity index (χ4n) is 2.78. The zero-order valence-corrected chi connectivity index (χ0v) is 12.8. The quantitative estimate of drug-likeness (QED) is 0.759. The molecule has 2 aromatic carbocycles. The first-order chi connectivity index (χ1) is 10.8. The average Bonchev–Trinajstić information content (AvgIpc) is 3.01. The van der Waals surface area contributed by atoms with Gasteiger partial charge in [-0.05, 0) is 65.4 Å². The van der Waals surface area contributed by atoms with Crippen LogP contribution in [0.2, 0.25) is 0 Å². The molecule has 1 aromatic heterocycles. The van der Waals surface area contributed by atoms with E-state index in [-0.39, 0.29) is 0 Å². The summed E-state index contributed by atoms with van der Waals surface area (Å²) in [7, 11) is 3.31. The number of hydrogen-bond acceptors (Lipinski definition) is 3. The van der Waals surface area contributed by atoms with Crippen molar-refractivity contribution in [1.82, 2.24) is 4.98 Å². The topological polar surface area (TPSA) is 60.3 Å². The van der Waals surface area contributed by atoms with Gasteiger partial charge in [0.1, 0.15) is 0 Å². The molecule has 0 saturated heterocycles. The molecule has 0 radical (unpaired) electrons. The molecule has 1 heterocycles. The molecule has 22 heavy (non-hydrogen) atoms. The van der Waals surface area contributed by atoms with Crippen molar-refractivity contribution in [3.63, 3.8) is 0 Å². The highest BCUT2D eigenvalue weighted by molar-refractivity contribution is 5.85. The molecule has 0 bridgehead atoms. The number of H-pyrrole nitrogens is 1. The third-order valence-electron chi connectivity index (χ3n) is 3.86. The van der Waals surface area contributed by atoms with E-state index >= 15 is 0 Å². The predicted octanol–water partition coefficient (Wildman–Crippen LogP) is 3.35. The summed E-state index contributed by atoms with van der Waals surface area (Å²) in [6.45, 7) is 0.569. The third-order valence-corrected chi connectivity index (χ3v) is 3.86. The summed E-state index contributed by atoms with van der Waals surface area (Å²) in [6.07, 6.45) is 2.70. The van der Waals surface area contributed by atoms with E-state index in [9.17, 15) is 0 Å². The minimum atomic E-state index is 0.569. The second kappa shape index (κ2) is 6.12. The monoisotopic (exact) mass is 296 g/mol. The maximum Gasteiger partial charge on any atom is 0.163 e. The van der Waals surface area contributed by atoms with Crippen molar-refractivity contribution in [2.24, 2.45) is 5.73 Å². The molecule has 0 atom stereocenters. The van der Waals surface area contributed by atoms with Crippen LogP contribution < -0.4 is 15.2 Å². The maximum absolute atomic E-state index is 5.72. The number of aromatic nitrogens is 1. The van der Waals surface area contributed by atoms with Crippen molar-refractivity contribution >= 4 is 10.9 Å². The molecule has 4 nitrogen and oxygen atoms in total. The van der Waals surface area contributed by atoms with Crippen molar-refractivity contribution < 1.29 is 9.47 Å². The van der Waals surface area contributed by atoms with Crippen molar-refractivity contribution in [2.45, 2.75) is 6.42 Å². The fraction of sp³-hybridized carbons (Fsp3) is 0.222. The van der Waals surface area contributed by atoms with Crippen LogP contribution in [0, 0.1) is 0 Å².